The molecule has 27 heavy (non-hydrogen) atoms. The van der Waals surface area contributed by atoms with Gasteiger partial charge in [0.25, 0.3) is 5.91 Å². The number of hydrogen-bond donors (Lipinski definition) is 3. The quantitative estimate of drug-likeness (QED) is 0.614. The van der Waals surface area contributed by atoms with Gasteiger partial charge in [0.05, 0.1) is 37.2 Å². The molecule has 2 aliphatic heterocycles. The number of nitrogens with zero attached hydrogens (tertiary/aromatic N) is 1. The van der Waals surface area contributed by atoms with E-state index in [9.17, 15) is 18.0 Å². The minimum atomic E-state index is -4.45. The van der Waals surface area contributed by atoms with Crippen LogP contribution in [-0.4, -0.2) is 72.0 Å². The molecule has 2 saturated heterocycles. The third-order valence-electron chi connectivity index (χ3n) is 5.17. The van der Waals surface area contributed by atoms with E-state index in [0.29, 0.717) is 32.0 Å². The number of morpholine rings is 1. The lowest BCUT2D eigenvalue weighted by Gasteiger charge is -2.31. The Labute approximate surface area is 156 Å². The fourth-order valence-electron chi connectivity index (χ4n) is 3.52. The predicted molar refractivity (Wildman–Crippen MR) is 95.3 cm³/mol. The van der Waals surface area contributed by atoms with Crippen LogP contribution in [-0.2, 0) is 15.7 Å². The van der Waals surface area contributed by atoms with Crippen LogP contribution >= 0.6 is 0 Å². The Hall–Kier alpha value is -1.84. The average molecular weight is 388 g/mol. The van der Waals surface area contributed by atoms with Gasteiger partial charge in [0.1, 0.15) is 26.2 Å². The zero-order chi connectivity index (χ0) is 19.4. The summed E-state index contributed by atoms with van der Waals surface area (Å²) >= 11 is 0. The number of hydrogen-bond acceptors (Lipinski definition) is 3. The normalized spacial score (nSPS) is 23.9. The summed E-state index contributed by atoms with van der Waals surface area (Å²) in [4.78, 5) is 17.0. The van der Waals surface area contributed by atoms with Gasteiger partial charge in [-0.1, -0.05) is 0 Å². The highest BCUT2D eigenvalue weighted by Gasteiger charge is 2.32. The molecule has 9 heteroatoms. The summed E-state index contributed by atoms with van der Waals surface area (Å²) in [6, 6.07) is 3.54. The minimum absolute atomic E-state index is 0.218. The van der Waals surface area contributed by atoms with Crippen molar-refractivity contribution >= 4 is 17.3 Å². The largest absolute Gasteiger partial charge is 0.416 e. The standard InChI is InChI=1S/C18H25F3N4O2/c1-23-4-6-24(7-5-23)13-17(26)22-15-12-14(18(19,20)21)2-3-16(15)25-8-10-27-11-9-25/h2-3,12H,4-11,13H2,1H3,(H,22,26)/p+2. The molecule has 2 aliphatic rings. The molecule has 3 N–H and O–H groups in total. The van der Waals surface area contributed by atoms with Gasteiger partial charge in [-0.25, -0.2) is 0 Å². The summed E-state index contributed by atoms with van der Waals surface area (Å²) in [7, 11) is 2.12. The van der Waals surface area contributed by atoms with E-state index < -0.39 is 11.7 Å². The van der Waals surface area contributed by atoms with Crippen molar-refractivity contribution in [2.45, 2.75) is 6.18 Å². The molecular formula is C18H27F3N4O2+2. The highest BCUT2D eigenvalue weighted by Crippen LogP contribution is 2.35. The first-order chi connectivity index (χ1) is 12.8. The minimum Gasteiger partial charge on any atom is -0.378 e. The molecule has 0 aliphatic carbocycles. The van der Waals surface area contributed by atoms with E-state index in [1.807, 2.05) is 4.90 Å². The van der Waals surface area contributed by atoms with Crippen molar-refractivity contribution in [3.63, 3.8) is 0 Å². The SMILES string of the molecule is C[NH+]1CC[NH+](CC(=O)Nc2cc(C(F)(F)F)ccc2N2CCOCC2)CC1. The number of alkyl halides is 3. The Kier molecular flexibility index (Phi) is 6.23. The van der Waals surface area contributed by atoms with E-state index in [1.165, 1.54) is 11.0 Å². The van der Waals surface area contributed by atoms with E-state index >= 15 is 0 Å². The van der Waals surface area contributed by atoms with E-state index in [4.69, 9.17) is 4.74 Å². The smallest absolute Gasteiger partial charge is 0.378 e. The van der Waals surface area contributed by atoms with E-state index in [-0.39, 0.29) is 18.1 Å². The fourth-order valence-corrected chi connectivity index (χ4v) is 3.52. The van der Waals surface area contributed by atoms with Gasteiger partial charge < -0.3 is 24.8 Å². The summed E-state index contributed by atoms with van der Waals surface area (Å²) in [5.41, 5.74) is 0.0682. The Morgan fingerprint density at radius 1 is 1.19 bits per heavy atom. The van der Waals surface area contributed by atoms with Crippen molar-refractivity contribution in [3.05, 3.63) is 23.8 Å². The lowest BCUT2D eigenvalue weighted by atomic mass is 10.1. The fraction of sp³-hybridized carbons (Fsp3) is 0.611. The second-order valence-corrected chi connectivity index (χ2v) is 7.26. The highest BCUT2D eigenvalue weighted by molar-refractivity contribution is 5.95. The first-order valence-electron chi connectivity index (χ1n) is 9.31. The van der Waals surface area contributed by atoms with E-state index in [0.717, 1.165) is 43.2 Å². The van der Waals surface area contributed by atoms with Crippen LogP contribution in [0.2, 0.25) is 0 Å². The number of benzene rings is 1. The number of ether oxygens (including phenoxy) is 1. The maximum Gasteiger partial charge on any atom is 0.416 e. The number of nitrogens with one attached hydrogen (secondary N) is 3. The molecule has 1 aromatic rings. The number of amides is 1. The molecule has 0 radical (unpaired) electrons. The van der Waals surface area contributed by atoms with Gasteiger partial charge >= 0.3 is 6.18 Å². The highest BCUT2D eigenvalue weighted by atomic mass is 19.4. The zero-order valence-corrected chi connectivity index (χ0v) is 15.5. The zero-order valence-electron chi connectivity index (χ0n) is 15.5. The lowest BCUT2D eigenvalue weighted by Crippen LogP contribution is -3.27. The number of carbonyl (C=O) groups excluding carboxylic acids is 1. The molecule has 3 rings (SSSR count). The number of anilines is 2. The second kappa shape index (κ2) is 8.45. The number of piperazine rings is 1. The van der Waals surface area contributed by atoms with Crippen LogP contribution in [0.15, 0.2) is 18.2 Å². The van der Waals surface area contributed by atoms with Crippen molar-refractivity contribution in [2.24, 2.45) is 0 Å². The average Bonchev–Trinajstić information content (AvgIpc) is 2.63. The van der Waals surface area contributed by atoms with Crippen molar-refractivity contribution in [3.8, 4) is 0 Å². The number of rotatable bonds is 4. The molecule has 150 valence electrons. The van der Waals surface area contributed by atoms with Gasteiger partial charge in [-0.05, 0) is 18.2 Å². The topological polar surface area (TPSA) is 50.5 Å². The number of likely N-dealkylation sites (N-methyl/N-ethyl adjacent to an activating group) is 1. The van der Waals surface area contributed by atoms with Crippen LogP contribution in [0, 0.1) is 0 Å². The summed E-state index contributed by atoms with van der Waals surface area (Å²) in [5.74, 6) is -0.251. The third-order valence-corrected chi connectivity index (χ3v) is 5.17. The Bertz CT molecular complexity index is 654. The number of quaternary nitrogens is 2. The maximum absolute atomic E-state index is 13.1. The van der Waals surface area contributed by atoms with Crippen molar-refractivity contribution in [1.82, 2.24) is 0 Å². The molecule has 2 heterocycles. The van der Waals surface area contributed by atoms with Crippen molar-refractivity contribution in [2.75, 3.05) is 76.3 Å². The van der Waals surface area contributed by atoms with Crippen LogP contribution in [0.3, 0.4) is 0 Å². The van der Waals surface area contributed by atoms with E-state index in [1.54, 1.807) is 0 Å². The van der Waals surface area contributed by atoms with Crippen LogP contribution in [0.25, 0.3) is 0 Å². The Morgan fingerprint density at radius 2 is 1.85 bits per heavy atom. The Balaban J connectivity index is 1.75. The van der Waals surface area contributed by atoms with Gasteiger partial charge in [0, 0.05) is 13.1 Å². The molecule has 6 nitrogen and oxygen atoms in total. The van der Waals surface area contributed by atoms with Gasteiger partial charge in [0.15, 0.2) is 6.54 Å². The van der Waals surface area contributed by atoms with Gasteiger partial charge in [0.2, 0.25) is 0 Å². The number of carbonyl (C=O) groups is 1. The van der Waals surface area contributed by atoms with Gasteiger partial charge in [-0.3, -0.25) is 4.79 Å². The first-order valence-corrected chi connectivity index (χ1v) is 9.31. The monoisotopic (exact) mass is 388 g/mol. The molecule has 0 unspecified atom stereocenters. The summed E-state index contributed by atoms with van der Waals surface area (Å²) in [6.07, 6.45) is -4.45. The van der Waals surface area contributed by atoms with Crippen LogP contribution < -0.4 is 20.0 Å². The molecular weight excluding hydrogens is 361 g/mol. The maximum atomic E-state index is 13.1. The van der Waals surface area contributed by atoms with Gasteiger partial charge in [-0.2, -0.15) is 13.2 Å². The Morgan fingerprint density at radius 3 is 2.48 bits per heavy atom. The molecule has 0 aromatic heterocycles. The van der Waals surface area contributed by atoms with Crippen molar-refractivity contribution in [1.29, 1.82) is 0 Å². The molecule has 1 amide bonds. The lowest BCUT2D eigenvalue weighted by molar-refractivity contribution is -0.999. The third kappa shape index (κ3) is 5.33. The molecule has 2 fully saturated rings. The number of halogens is 3. The second-order valence-electron chi connectivity index (χ2n) is 7.26. The summed E-state index contributed by atoms with van der Waals surface area (Å²) in [6.45, 7) is 6.23. The first kappa shape index (κ1) is 19.9. The molecule has 0 bridgehead atoms. The molecule has 0 saturated carbocycles. The molecule has 0 spiro atoms. The van der Waals surface area contributed by atoms with Gasteiger partial charge in [-0.15, -0.1) is 0 Å². The van der Waals surface area contributed by atoms with Crippen LogP contribution in [0.4, 0.5) is 24.5 Å². The van der Waals surface area contributed by atoms with Crippen LogP contribution in [0.1, 0.15) is 5.56 Å². The molecule has 1 aromatic carbocycles. The van der Waals surface area contributed by atoms with Crippen LogP contribution in [0.5, 0.6) is 0 Å². The van der Waals surface area contributed by atoms with E-state index in [2.05, 4.69) is 12.4 Å². The predicted octanol–water partition coefficient (Wildman–Crippen LogP) is -1.11. The molecule has 0 atom stereocenters. The summed E-state index contributed by atoms with van der Waals surface area (Å²) in [5, 5.41) is 2.73. The van der Waals surface area contributed by atoms with Crippen molar-refractivity contribution < 1.29 is 32.5 Å². The summed E-state index contributed by atoms with van der Waals surface area (Å²) < 4.78 is 44.7.